The van der Waals surface area contributed by atoms with E-state index in [1.807, 2.05) is 17.5 Å². The molecule has 1 aromatic rings. The van der Waals surface area contributed by atoms with Crippen LogP contribution in [0.3, 0.4) is 0 Å². The van der Waals surface area contributed by atoms with Crippen molar-refractivity contribution in [2.24, 2.45) is 0 Å². The molecule has 0 saturated carbocycles. The van der Waals surface area contributed by atoms with Gasteiger partial charge in [-0.05, 0) is 17.9 Å². The van der Waals surface area contributed by atoms with Crippen LogP contribution in [0.4, 0.5) is 0 Å². The molecule has 0 spiro atoms. The van der Waals surface area contributed by atoms with E-state index in [0.29, 0.717) is 6.42 Å². The minimum atomic E-state index is -0.735. The summed E-state index contributed by atoms with van der Waals surface area (Å²) in [7, 11) is 6.42. The second kappa shape index (κ2) is 5.13. The lowest BCUT2D eigenvalue weighted by Gasteiger charge is -2.31. The van der Waals surface area contributed by atoms with Crippen LogP contribution in [0.2, 0.25) is 0 Å². The monoisotopic (exact) mass is 240 g/mol. The standard InChI is InChI=1S/C13H22NOS/c1-5-8-13(15,9-10-14(2,3)4)12-7-6-11-16-12/h5-7,11,15H,1,8-10H2,2-4H3/q+1. The summed E-state index contributed by atoms with van der Waals surface area (Å²) in [5.74, 6) is 0. The fourth-order valence-electron chi connectivity index (χ4n) is 1.63. The molecule has 90 valence electrons. The van der Waals surface area contributed by atoms with E-state index in [9.17, 15) is 5.11 Å². The van der Waals surface area contributed by atoms with Crippen LogP contribution >= 0.6 is 11.3 Å². The molecule has 0 fully saturated rings. The molecule has 1 rings (SSSR count). The maximum absolute atomic E-state index is 10.7. The molecule has 1 unspecified atom stereocenters. The Morgan fingerprint density at radius 1 is 1.50 bits per heavy atom. The largest absolute Gasteiger partial charge is 0.384 e. The van der Waals surface area contributed by atoms with Gasteiger partial charge in [-0.25, -0.2) is 0 Å². The molecule has 0 radical (unpaired) electrons. The molecule has 0 saturated heterocycles. The Kier molecular flexibility index (Phi) is 4.30. The number of aliphatic hydroxyl groups is 1. The second-order valence-corrected chi connectivity index (χ2v) is 6.21. The van der Waals surface area contributed by atoms with E-state index in [4.69, 9.17) is 0 Å². The number of quaternary nitrogens is 1. The molecule has 0 aliphatic rings. The SMILES string of the molecule is C=CCC(O)(CC[N+](C)(C)C)c1cccs1. The highest BCUT2D eigenvalue weighted by atomic mass is 32.1. The molecular formula is C13H22NOS+. The Morgan fingerprint density at radius 2 is 2.19 bits per heavy atom. The van der Waals surface area contributed by atoms with Gasteiger partial charge in [0.2, 0.25) is 0 Å². The number of nitrogens with zero attached hydrogens (tertiary/aromatic N) is 1. The summed E-state index contributed by atoms with van der Waals surface area (Å²) < 4.78 is 0.866. The first kappa shape index (κ1) is 13.4. The highest BCUT2D eigenvalue weighted by molar-refractivity contribution is 7.10. The van der Waals surface area contributed by atoms with E-state index >= 15 is 0 Å². The molecule has 0 amide bonds. The number of hydrogen-bond acceptors (Lipinski definition) is 2. The summed E-state index contributed by atoms with van der Waals surface area (Å²) in [6, 6.07) is 3.99. The van der Waals surface area contributed by atoms with E-state index in [-0.39, 0.29) is 0 Å². The van der Waals surface area contributed by atoms with E-state index in [0.717, 1.165) is 22.3 Å². The lowest BCUT2D eigenvalue weighted by atomic mass is 9.93. The molecule has 0 bridgehead atoms. The molecule has 3 heteroatoms. The van der Waals surface area contributed by atoms with Gasteiger partial charge in [0.25, 0.3) is 0 Å². The minimum Gasteiger partial charge on any atom is -0.384 e. The van der Waals surface area contributed by atoms with Crippen molar-refractivity contribution in [3.8, 4) is 0 Å². The van der Waals surface area contributed by atoms with Crippen LogP contribution in [-0.4, -0.2) is 37.3 Å². The van der Waals surface area contributed by atoms with Crippen molar-refractivity contribution in [1.82, 2.24) is 0 Å². The van der Waals surface area contributed by atoms with Gasteiger partial charge in [-0.2, -0.15) is 0 Å². The second-order valence-electron chi connectivity index (χ2n) is 5.27. The van der Waals surface area contributed by atoms with Gasteiger partial charge in [0.1, 0.15) is 5.60 Å². The van der Waals surface area contributed by atoms with E-state index < -0.39 is 5.60 Å². The van der Waals surface area contributed by atoms with Crippen molar-refractivity contribution in [2.45, 2.75) is 18.4 Å². The summed E-state index contributed by atoms with van der Waals surface area (Å²) in [6.45, 7) is 4.69. The Bertz CT molecular complexity index is 326. The molecule has 2 nitrogen and oxygen atoms in total. The Morgan fingerprint density at radius 3 is 2.62 bits per heavy atom. The van der Waals surface area contributed by atoms with Gasteiger partial charge >= 0.3 is 0 Å². The van der Waals surface area contributed by atoms with Gasteiger partial charge in [-0.3, -0.25) is 0 Å². The first-order valence-electron chi connectivity index (χ1n) is 5.55. The van der Waals surface area contributed by atoms with Gasteiger partial charge < -0.3 is 9.59 Å². The molecule has 0 aromatic carbocycles. The third-order valence-electron chi connectivity index (χ3n) is 2.66. The summed E-state index contributed by atoms with van der Waals surface area (Å²) in [5, 5.41) is 12.7. The van der Waals surface area contributed by atoms with Crippen molar-refractivity contribution < 1.29 is 9.59 Å². The van der Waals surface area contributed by atoms with Crippen molar-refractivity contribution in [3.05, 3.63) is 35.0 Å². The molecule has 1 N–H and O–H groups in total. The fraction of sp³-hybridized carbons (Fsp3) is 0.538. The zero-order valence-corrected chi connectivity index (χ0v) is 11.3. The number of hydrogen-bond donors (Lipinski definition) is 1. The van der Waals surface area contributed by atoms with Crippen LogP contribution in [0.25, 0.3) is 0 Å². The van der Waals surface area contributed by atoms with E-state index in [2.05, 4.69) is 27.7 Å². The summed E-state index contributed by atoms with van der Waals surface area (Å²) >= 11 is 1.62. The van der Waals surface area contributed by atoms with Crippen LogP contribution in [0.1, 0.15) is 17.7 Å². The predicted molar refractivity (Wildman–Crippen MR) is 70.5 cm³/mol. The van der Waals surface area contributed by atoms with Crippen LogP contribution in [0.15, 0.2) is 30.2 Å². The van der Waals surface area contributed by atoms with Gasteiger partial charge in [0, 0.05) is 11.3 Å². The molecule has 1 atom stereocenters. The zero-order chi connectivity index (χ0) is 12.2. The third kappa shape index (κ3) is 3.74. The first-order valence-corrected chi connectivity index (χ1v) is 6.43. The summed E-state index contributed by atoms with van der Waals surface area (Å²) in [5.41, 5.74) is -0.735. The van der Waals surface area contributed by atoms with Crippen molar-refractivity contribution in [3.63, 3.8) is 0 Å². The zero-order valence-electron chi connectivity index (χ0n) is 10.4. The average molecular weight is 240 g/mol. The molecular weight excluding hydrogens is 218 g/mol. The van der Waals surface area contributed by atoms with Crippen molar-refractivity contribution in [1.29, 1.82) is 0 Å². The maximum Gasteiger partial charge on any atom is 0.107 e. The van der Waals surface area contributed by atoms with Crippen LogP contribution < -0.4 is 0 Å². The number of thiophene rings is 1. The quantitative estimate of drug-likeness (QED) is 0.598. The summed E-state index contributed by atoms with van der Waals surface area (Å²) in [4.78, 5) is 1.04. The predicted octanol–water partition coefficient (Wildman–Crippen LogP) is 2.61. The van der Waals surface area contributed by atoms with Crippen molar-refractivity contribution in [2.75, 3.05) is 27.7 Å². The van der Waals surface area contributed by atoms with Crippen LogP contribution in [-0.2, 0) is 5.60 Å². The smallest absolute Gasteiger partial charge is 0.107 e. The molecule has 1 aromatic heterocycles. The van der Waals surface area contributed by atoms with E-state index in [1.165, 1.54) is 0 Å². The van der Waals surface area contributed by atoms with Gasteiger partial charge in [0.05, 0.1) is 27.7 Å². The number of rotatable bonds is 6. The lowest BCUT2D eigenvalue weighted by molar-refractivity contribution is -0.871. The highest BCUT2D eigenvalue weighted by Gasteiger charge is 2.30. The van der Waals surface area contributed by atoms with E-state index in [1.54, 1.807) is 17.4 Å². The van der Waals surface area contributed by atoms with Crippen molar-refractivity contribution >= 4 is 11.3 Å². The molecule has 1 heterocycles. The summed E-state index contributed by atoms with van der Waals surface area (Å²) in [6.07, 6.45) is 3.19. The maximum atomic E-state index is 10.7. The van der Waals surface area contributed by atoms with Crippen LogP contribution in [0, 0.1) is 0 Å². The third-order valence-corrected chi connectivity index (χ3v) is 3.72. The minimum absolute atomic E-state index is 0.619. The topological polar surface area (TPSA) is 20.2 Å². The molecule has 0 aliphatic carbocycles. The fourth-order valence-corrected chi connectivity index (χ4v) is 2.49. The lowest BCUT2D eigenvalue weighted by Crippen LogP contribution is -2.39. The van der Waals surface area contributed by atoms with Gasteiger partial charge in [0.15, 0.2) is 0 Å². The normalized spacial score (nSPS) is 15.8. The van der Waals surface area contributed by atoms with Gasteiger partial charge in [-0.1, -0.05) is 12.1 Å². The van der Waals surface area contributed by atoms with Crippen LogP contribution in [0.5, 0.6) is 0 Å². The Hall–Kier alpha value is -0.640. The Balaban J connectivity index is 2.77. The molecule has 0 aliphatic heterocycles. The molecule has 16 heavy (non-hydrogen) atoms. The van der Waals surface area contributed by atoms with Gasteiger partial charge in [-0.15, -0.1) is 17.9 Å². The average Bonchev–Trinajstić information content (AvgIpc) is 2.67. The highest BCUT2D eigenvalue weighted by Crippen LogP contribution is 2.33. The first-order chi connectivity index (χ1) is 7.37. The Labute approximate surface area is 102 Å².